The van der Waals surface area contributed by atoms with E-state index in [1.165, 1.54) is 6.08 Å². The lowest BCUT2D eigenvalue weighted by atomic mass is 9.74. The molecule has 0 saturated carbocycles. The molecular weight excluding hydrogens is 366 g/mol. The number of aliphatic carboxylic acids is 1. The van der Waals surface area contributed by atoms with Crippen molar-refractivity contribution in [1.29, 1.82) is 0 Å². The van der Waals surface area contributed by atoms with E-state index in [1.807, 2.05) is 18.2 Å². The van der Waals surface area contributed by atoms with Gasteiger partial charge in [0.25, 0.3) is 0 Å². The fraction of sp³-hybridized carbons (Fsp3) is 0.333. The van der Waals surface area contributed by atoms with Crippen LogP contribution in [0.5, 0.6) is 5.75 Å². The molecule has 5 heteroatoms. The fourth-order valence-electron chi connectivity index (χ4n) is 3.99. The summed E-state index contributed by atoms with van der Waals surface area (Å²) < 4.78 is 5.97. The molecule has 1 N–H and O–H groups in total. The van der Waals surface area contributed by atoms with Gasteiger partial charge in [-0.3, -0.25) is 9.59 Å². The van der Waals surface area contributed by atoms with E-state index in [9.17, 15) is 9.59 Å². The summed E-state index contributed by atoms with van der Waals surface area (Å²) in [6, 6.07) is 5.71. The minimum atomic E-state index is -0.758. The number of carbonyl (C=O) groups excluding carboxylic acids is 1. The van der Waals surface area contributed by atoms with Crippen LogP contribution in [0.25, 0.3) is 0 Å². The number of hydrogen-bond acceptors (Lipinski definition) is 4. The van der Waals surface area contributed by atoms with E-state index in [2.05, 4.69) is 18.1 Å². The van der Waals surface area contributed by atoms with Gasteiger partial charge in [-0.1, -0.05) is 49.6 Å². The van der Waals surface area contributed by atoms with Crippen molar-refractivity contribution in [3.8, 4) is 5.75 Å². The Hall–Kier alpha value is -2.92. The van der Waals surface area contributed by atoms with Crippen molar-refractivity contribution in [2.75, 3.05) is 26.2 Å². The standard InChI is InChI=1S/C24H27NO4/c1-3-5-18(4-2)6-9-21(26)19-7-8-20-22(16-19)29-17-24(20)11-14-25(15-12-24)13-10-23(27)28/h3-9,16H,1-2,10-15,17H2,(H,27,28)/b9-6+,18-5+. The summed E-state index contributed by atoms with van der Waals surface area (Å²) >= 11 is 0. The molecule has 0 aromatic heterocycles. The van der Waals surface area contributed by atoms with Crippen molar-refractivity contribution in [3.05, 3.63) is 78.4 Å². The number of rotatable bonds is 8. The number of piperidine rings is 1. The van der Waals surface area contributed by atoms with Crippen LogP contribution in [0.3, 0.4) is 0 Å². The molecule has 0 amide bonds. The maximum absolute atomic E-state index is 12.5. The second kappa shape index (κ2) is 9.05. The average Bonchev–Trinajstić information content (AvgIpc) is 3.08. The summed E-state index contributed by atoms with van der Waals surface area (Å²) in [5.74, 6) is -0.0576. The second-order valence-corrected chi connectivity index (χ2v) is 7.57. The molecular formula is C24H27NO4. The second-order valence-electron chi connectivity index (χ2n) is 7.57. The van der Waals surface area contributed by atoms with E-state index >= 15 is 0 Å². The highest BCUT2D eigenvalue weighted by molar-refractivity contribution is 6.05. The van der Waals surface area contributed by atoms with Gasteiger partial charge in [0, 0.05) is 23.1 Å². The Bertz CT molecular complexity index is 873. The van der Waals surface area contributed by atoms with E-state index in [4.69, 9.17) is 9.84 Å². The normalized spacial score (nSPS) is 18.4. The van der Waals surface area contributed by atoms with Crippen molar-refractivity contribution in [1.82, 2.24) is 4.90 Å². The molecule has 1 fully saturated rings. The number of benzene rings is 1. The van der Waals surface area contributed by atoms with Gasteiger partial charge in [0.05, 0.1) is 13.0 Å². The van der Waals surface area contributed by atoms with Crippen LogP contribution < -0.4 is 4.74 Å². The van der Waals surface area contributed by atoms with Crippen LogP contribution in [0.1, 0.15) is 35.2 Å². The van der Waals surface area contributed by atoms with Crippen molar-refractivity contribution < 1.29 is 19.4 Å². The maximum Gasteiger partial charge on any atom is 0.304 e. The molecule has 5 nitrogen and oxygen atoms in total. The fourth-order valence-corrected chi connectivity index (χ4v) is 3.99. The first-order chi connectivity index (χ1) is 14.0. The average molecular weight is 393 g/mol. The Morgan fingerprint density at radius 3 is 2.62 bits per heavy atom. The molecule has 0 unspecified atom stereocenters. The maximum atomic E-state index is 12.5. The lowest BCUT2D eigenvalue weighted by Gasteiger charge is -2.38. The van der Waals surface area contributed by atoms with Gasteiger partial charge in [0.1, 0.15) is 5.75 Å². The van der Waals surface area contributed by atoms with Gasteiger partial charge in [-0.2, -0.15) is 0 Å². The van der Waals surface area contributed by atoms with Crippen LogP contribution in [-0.2, 0) is 10.2 Å². The van der Waals surface area contributed by atoms with Crippen LogP contribution in [0.2, 0.25) is 0 Å². The number of allylic oxidation sites excluding steroid dienone is 6. The molecule has 0 atom stereocenters. The Balaban J connectivity index is 1.69. The first kappa shape index (κ1) is 20.8. The Kier molecular flexibility index (Phi) is 6.49. The summed E-state index contributed by atoms with van der Waals surface area (Å²) in [6.45, 7) is 10.3. The van der Waals surface area contributed by atoms with Crippen LogP contribution in [-0.4, -0.2) is 48.0 Å². The first-order valence-electron chi connectivity index (χ1n) is 9.86. The van der Waals surface area contributed by atoms with Crippen LogP contribution in [0.4, 0.5) is 0 Å². The lowest BCUT2D eigenvalue weighted by Crippen LogP contribution is -2.44. The zero-order valence-corrected chi connectivity index (χ0v) is 16.6. The van der Waals surface area contributed by atoms with Gasteiger partial charge < -0.3 is 14.7 Å². The van der Waals surface area contributed by atoms with Crippen molar-refractivity contribution in [2.45, 2.75) is 24.7 Å². The smallest absolute Gasteiger partial charge is 0.304 e. The minimum Gasteiger partial charge on any atom is -0.492 e. The number of ether oxygens (including phenoxy) is 1. The van der Waals surface area contributed by atoms with Crippen LogP contribution in [0, 0.1) is 0 Å². The van der Waals surface area contributed by atoms with Gasteiger partial charge in [0.15, 0.2) is 5.78 Å². The van der Waals surface area contributed by atoms with E-state index in [0.717, 1.165) is 42.8 Å². The molecule has 3 rings (SSSR count). The third-order valence-corrected chi connectivity index (χ3v) is 5.77. The third kappa shape index (κ3) is 4.74. The summed E-state index contributed by atoms with van der Waals surface area (Å²) in [4.78, 5) is 25.5. The molecule has 1 aromatic carbocycles. The van der Waals surface area contributed by atoms with Gasteiger partial charge >= 0.3 is 5.97 Å². The molecule has 0 radical (unpaired) electrons. The number of carboxylic acids is 1. The van der Waals surface area contributed by atoms with E-state index < -0.39 is 5.97 Å². The molecule has 29 heavy (non-hydrogen) atoms. The highest BCUT2D eigenvalue weighted by atomic mass is 16.5. The number of likely N-dealkylation sites (tertiary alicyclic amines) is 1. The van der Waals surface area contributed by atoms with Gasteiger partial charge in [-0.05, 0) is 43.6 Å². The van der Waals surface area contributed by atoms with Crippen LogP contribution in [0.15, 0.2) is 67.3 Å². The van der Waals surface area contributed by atoms with Gasteiger partial charge in [0.2, 0.25) is 0 Å². The summed E-state index contributed by atoms with van der Waals surface area (Å²) in [7, 11) is 0. The molecule has 1 aromatic rings. The zero-order chi connectivity index (χ0) is 20.9. The third-order valence-electron chi connectivity index (χ3n) is 5.77. The van der Waals surface area contributed by atoms with Crippen molar-refractivity contribution in [3.63, 3.8) is 0 Å². The highest BCUT2D eigenvalue weighted by Crippen LogP contribution is 2.45. The number of carbonyl (C=O) groups is 2. The largest absolute Gasteiger partial charge is 0.492 e. The topological polar surface area (TPSA) is 66.8 Å². The van der Waals surface area contributed by atoms with Crippen molar-refractivity contribution in [2.24, 2.45) is 0 Å². The van der Waals surface area contributed by atoms with E-state index in [1.54, 1.807) is 24.3 Å². The van der Waals surface area contributed by atoms with E-state index in [0.29, 0.717) is 18.7 Å². The molecule has 152 valence electrons. The Morgan fingerprint density at radius 2 is 1.97 bits per heavy atom. The molecule has 2 aliphatic rings. The predicted molar refractivity (Wildman–Crippen MR) is 113 cm³/mol. The Morgan fingerprint density at radius 1 is 1.21 bits per heavy atom. The summed E-state index contributed by atoms with van der Waals surface area (Å²) in [6.07, 6.45) is 10.4. The molecule has 1 spiro atoms. The summed E-state index contributed by atoms with van der Waals surface area (Å²) in [5, 5.41) is 8.87. The lowest BCUT2D eigenvalue weighted by molar-refractivity contribution is -0.137. The van der Waals surface area contributed by atoms with Gasteiger partial charge in [-0.15, -0.1) is 0 Å². The number of hydrogen-bond donors (Lipinski definition) is 1. The minimum absolute atomic E-state index is 0.0326. The molecule has 1 saturated heterocycles. The van der Waals surface area contributed by atoms with Gasteiger partial charge in [-0.25, -0.2) is 0 Å². The zero-order valence-electron chi connectivity index (χ0n) is 16.6. The predicted octanol–water partition coefficient (Wildman–Crippen LogP) is 3.92. The SMILES string of the molecule is C=C/C=C(C=C)/C=C/C(=O)c1ccc2c(c1)OCC21CCN(CCC(=O)O)CC1. The molecule has 0 bridgehead atoms. The Labute approximate surface area is 171 Å². The number of fused-ring (bicyclic) bond motifs is 2. The first-order valence-corrected chi connectivity index (χ1v) is 9.86. The number of nitrogens with zero attached hydrogens (tertiary/aromatic N) is 1. The molecule has 2 aliphatic heterocycles. The number of ketones is 1. The molecule has 2 heterocycles. The monoisotopic (exact) mass is 393 g/mol. The van der Waals surface area contributed by atoms with Crippen LogP contribution >= 0.6 is 0 Å². The van der Waals surface area contributed by atoms with Crippen molar-refractivity contribution >= 4 is 11.8 Å². The quantitative estimate of drug-likeness (QED) is 0.412. The highest BCUT2D eigenvalue weighted by Gasteiger charge is 2.43. The van der Waals surface area contributed by atoms with E-state index in [-0.39, 0.29) is 17.6 Å². The molecule has 0 aliphatic carbocycles. The summed E-state index contributed by atoms with van der Waals surface area (Å²) in [5.41, 5.74) is 2.54. The number of carboxylic acid groups (broad SMARTS) is 1.